The number of rotatable bonds is 5. The van der Waals surface area contributed by atoms with Gasteiger partial charge < -0.3 is 14.4 Å². The second kappa shape index (κ2) is 3.81. The fourth-order valence-electron chi connectivity index (χ4n) is 1.44. The van der Waals surface area contributed by atoms with Crippen molar-refractivity contribution >= 4 is 9.47 Å². The summed E-state index contributed by atoms with van der Waals surface area (Å²) in [5, 5.41) is 8.81. The summed E-state index contributed by atoms with van der Waals surface area (Å²) in [5.41, 5.74) is -0.175. The molecule has 0 amide bonds. The van der Waals surface area contributed by atoms with E-state index in [9.17, 15) is 0 Å². The molecule has 1 rings (SSSR count). The van der Waals surface area contributed by atoms with E-state index in [-0.39, 0.29) is 18.3 Å². The van der Waals surface area contributed by atoms with E-state index < -0.39 is 0 Å². The minimum Gasteiger partial charge on any atom is -0.394 e. The Morgan fingerprint density at radius 2 is 2.45 bits per heavy atom. The second-order valence-corrected chi connectivity index (χ2v) is 3.25. The Balaban J connectivity index is 2.35. The first-order valence-corrected chi connectivity index (χ1v) is 4.36. The topological polar surface area (TPSA) is 42.0 Å². The van der Waals surface area contributed by atoms with Crippen molar-refractivity contribution in [3.05, 3.63) is 0 Å². The fraction of sp³-hybridized carbons (Fsp3) is 1.00. The molecule has 11 heavy (non-hydrogen) atoms. The van der Waals surface area contributed by atoms with E-state index in [0.29, 0.717) is 6.61 Å². The number of ether oxygens (including phenoxy) is 1. The quantitative estimate of drug-likeness (QED) is 0.498. The van der Waals surface area contributed by atoms with E-state index in [1.807, 2.05) is 0 Å². The van der Waals surface area contributed by atoms with Gasteiger partial charge in [0.25, 0.3) is 0 Å². The molecule has 3 nitrogen and oxygen atoms in total. The van der Waals surface area contributed by atoms with Crippen LogP contribution in [0.4, 0.5) is 0 Å². The van der Waals surface area contributed by atoms with Gasteiger partial charge in [-0.3, -0.25) is 0 Å². The van der Waals surface area contributed by atoms with E-state index in [4.69, 9.17) is 14.4 Å². The normalized spacial score (nSPS) is 35.7. The predicted molar refractivity (Wildman–Crippen MR) is 45.3 cm³/mol. The van der Waals surface area contributed by atoms with Crippen LogP contribution >= 0.6 is 9.47 Å². The maximum Gasteiger partial charge on any atom is 0.121 e. The average molecular weight is 178 g/mol. The maximum atomic E-state index is 8.81. The Hall–Kier alpha value is 0.310. The molecule has 4 heteroatoms. The van der Waals surface area contributed by atoms with Crippen LogP contribution in [0, 0.1) is 0 Å². The van der Waals surface area contributed by atoms with Crippen molar-refractivity contribution in [2.45, 2.75) is 31.5 Å². The van der Waals surface area contributed by atoms with Crippen LogP contribution in [0.3, 0.4) is 0 Å². The molecule has 3 atom stereocenters. The van der Waals surface area contributed by atoms with Gasteiger partial charge in [0.15, 0.2) is 0 Å². The molecular weight excluding hydrogens is 163 g/mol. The lowest BCUT2D eigenvalue weighted by Crippen LogP contribution is -2.22. The van der Waals surface area contributed by atoms with Crippen LogP contribution in [-0.4, -0.2) is 30.0 Å². The predicted octanol–water partition coefficient (Wildman–Crippen LogP) is 0.723. The van der Waals surface area contributed by atoms with E-state index >= 15 is 0 Å². The molecule has 0 spiro atoms. The SMILES string of the molecule is CCC[C@]1(COP)O[C@H]1CO. The van der Waals surface area contributed by atoms with Gasteiger partial charge in [-0.05, 0) is 6.42 Å². The molecule has 0 aliphatic carbocycles. The van der Waals surface area contributed by atoms with Crippen molar-refractivity contribution < 1.29 is 14.4 Å². The molecule has 1 heterocycles. The Kier molecular flexibility index (Phi) is 3.26. The Bertz CT molecular complexity index is 123. The smallest absolute Gasteiger partial charge is 0.121 e. The minimum absolute atomic E-state index is 0.00278. The van der Waals surface area contributed by atoms with Crippen LogP contribution in [0.5, 0.6) is 0 Å². The van der Waals surface area contributed by atoms with E-state index in [1.54, 1.807) is 0 Å². The monoisotopic (exact) mass is 178 g/mol. The highest BCUT2D eigenvalue weighted by molar-refractivity contribution is 7.09. The lowest BCUT2D eigenvalue weighted by Gasteiger charge is -2.08. The van der Waals surface area contributed by atoms with Gasteiger partial charge in [-0.15, -0.1) is 0 Å². The van der Waals surface area contributed by atoms with Crippen LogP contribution in [0.25, 0.3) is 0 Å². The van der Waals surface area contributed by atoms with Crippen molar-refractivity contribution in [3.63, 3.8) is 0 Å². The third kappa shape index (κ3) is 1.91. The van der Waals surface area contributed by atoms with Crippen molar-refractivity contribution in [3.8, 4) is 0 Å². The summed E-state index contributed by atoms with van der Waals surface area (Å²) in [6, 6.07) is 0. The molecular formula is C7H15O3P. The van der Waals surface area contributed by atoms with Gasteiger partial charge in [-0.25, -0.2) is 0 Å². The summed E-state index contributed by atoms with van der Waals surface area (Å²) in [6.07, 6.45) is 2.03. The van der Waals surface area contributed by atoms with Crippen LogP contribution < -0.4 is 0 Å². The largest absolute Gasteiger partial charge is 0.394 e. The molecule has 0 saturated carbocycles. The summed E-state index contributed by atoms with van der Waals surface area (Å²) < 4.78 is 10.3. The molecule has 0 bridgehead atoms. The third-order valence-electron chi connectivity index (χ3n) is 2.07. The van der Waals surface area contributed by atoms with Gasteiger partial charge in [0.05, 0.1) is 13.2 Å². The summed E-state index contributed by atoms with van der Waals surface area (Å²) in [4.78, 5) is 0. The van der Waals surface area contributed by atoms with Crippen molar-refractivity contribution in [2.75, 3.05) is 13.2 Å². The fourth-order valence-corrected chi connectivity index (χ4v) is 1.72. The van der Waals surface area contributed by atoms with Gasteiger partial charge >= 0.3 is 0 Å². The molecule has 1 fully saturated rings. The second-order valence-electron chi connectivity index (χ2n) is 2.91. The lowest BCUT2D eigenvalue weighted by molar-refractivity contribution is 0.192. The summed E-state index contributed by atoms with van der Waals surface area (Å²) in [6.45, 7) is 2.77. The van der Waals surface area contributed by atoms with Crippen molar-refractivity contribution in [2.24, 2.45) is 0 Å². The zero-order chi connectivity index (χ0) is 8.32. The Labute approximate surface area is 69.4 Å². The highest BCUT2D eigenvalue weighted by atomic mass is 31.0. The van der Waals surface area contributed by atoms with Gasteiger partial charge in [-0.1, -0.05) is 13.3 Å². The van der Waals surface area contributed by atoms with Gasteiger partial charge in [-0.2, -0.15) is 0 Å². The molecule has 0 aromatic rings. The molecule has 1 aliphatic rings. The summed E-state index contributed by atoms with van der Waals surface area (Å²) >= 11 is 0. The summed E-state index contributed by atoms with van der Waals surface area (Å²) in [7, 11) is 2.21. The molecule has 0 aromatic heterocycles. The highest BCUT2D eigenvalue weighted by Gasteiger charge is 2.55. The first kappa shape index (κ1) is 9.40. The minimum atomic E-state index is -0.175. The van der Waals surface area contributed by atoms with Crippen LogP contribution in [0.1, 0.15) is 19.8 Å². The molecule has 66 valence electrons. The Morgan fingerprint density at radius 3 is 2.82 bits per heavy atom. The standard InChI is InChI=1S/C7H15O3P/c1-2-3-7(5-9-11)6(4-8)10-7/h6,8H,2-5,11H2,1H3/t6-,7+/m0/s1. The van der Waals surface area contributed by atoms with E-state index in [2.05, 4.69) is 16.4 Å². The third-order valence-corrected chi connectivity index (χ3v) is 2.24. The summed E-state index contributed by atoms with van der Waals surface area (Å²) in [5.74, 6) is 0. The average Bonchev–Trinajstić information content (AvgIpc) is 2.65. The molecule has 1 aliphatic heterocycles. The van der Waals surface area contributed by atoms with Crippen LogP contribution in [0.2, 0.25) is 0 Å². The molecule has 1 N–H and O–H groups in total. The van der Waals surface area contributed by atoms with Crippen molar-refractivity contribution in [1.82, 2.24) is 0 Å². The number of hydrogen-bond acceptors (Lipinski definition) is 3. The van der Waals surface area contributed by atoms with E-state index in [0.717, 1.165) is 12.8 Å². The number of aliphatic hydroxyl groups excluding tert-OH is 1. The molecule has 1 unspecified atom stereocenters. The van der Waals surface area contributed by atoms with E-state index in [1.165, 1.54) is 0 Å². The number of aliphatic hydroxyl groups is 1. The van der Waals surface area contributed by atoms with Gasteiger partial charge in [0.2, 0.25) is 0 Å². The first-order valence-electron chi connectivity index (χ1n) is 3.89. The van der Waals surface area contributed by atoms with Crippen molar-refractivity contribution in [1.29, 1.82) is 0 Å². The lowest BCUT2D eigenvalue weighted by atomic mass is 10.0. The van der Waals surface area contributed by atoms with Gasteiger partial charge in [0.1, 0.15) is 11.7 Å². The first-order chi connectivity index (χ1) is 5.29. The molecule has 0 aromatic carbocycles. The number of hydrogen-bond donors (Lipinski definition) is 1. The molecule has 1 saturated heterocycles. The van der Waals surface area contributed by atoms with Crippen LogP contribution in [-0.2, 0) is 9.26 Å². The maximum absolute atomic E-state index is 8.81. The van der Waals surface area contributed by atoms with Gasteiger partial charge in [0, 0.05) is 9.47 Å². The van der Waals surface area contributed by atoms with Crippen LogP contribution in [0.15, 0.2) is 0 Å². The molecule has 0 radical (unpaired) electrons. The zero-order valence-electron chi connectivity index (χ0n) is 6.75. The highest BCUT2D eigenvalue weighted by Crippen LogP contribution is 2.40. The Morgan fingerprint density at radius 1 is 1.73 bits per heavy atom. The zero-order valence-corrected chi connectivity index (χ0v) is 7.90. The number of epoxide rings is 1.